The number of sulfone groups is 1. The molecule has 3 rings (SSSR count). The maximum atomic E-state index is 12.7. The molecule has 30 heavy (non-hydrogen) atoms. The van der Waals surface area contributed by atoms with Gasteiger partial charge in [0.05, 0.1) is 17.3 Å². The quantitative estimate of drug-likeness (QED) is 0.629. The lowest BCUT2D eigenvalue weighted by molar-refractivity contribution is -0.129. The average Bonchev–Trinajstić information content (AvgIpc) is 3.22. The number of benzene rings is 1. The molecule has 1 unspecified atom stereocenters. The van der Waals surface area contributed by atoms with Gasteiger partial charge in [0.15, 0.2) is 20.8 Å². The fraction of sp³-hybridized carbons (Fsp3) is 0.571. The summed E-state index contributed by atoms with van der Waals surface area (Å²) in [7, 11) is -1.14. The highest BCUT2D eigenvalue weighted by Crippen LogP contribution is 2.27. The molecular formula is C21H30N4O3S2. The van der Waals surface area contributed by atoms with Crippen molar-refractivity contribution in [1.29, 1.82) is 0 Å². The molecule has 1 fully saturated rings. The Morgan fingerprint density at radius 3 is 2.43 bits per heavy atom. The molecule has 0 bridgehead atoms. The first-order valence-corrected chi connectivity index (χ1v) is 13.0. The maximum absolute atomic E-state index is 12.7. The molecule has 1 atom stereocenters. The van der Waals surface area contributed by atoms with Crippen LogP contribution in [-0.4, -0.2) is 63.8 Å². The number of aromatic nitrogens is 3. The highest BCUT2D eigenvalue weighted by molar-refractivity contribution is 7.99. The third-order valence-electron chi connectivity index (χ3n) is 5.48. The second-order valence-corrected chi connectivity index (χ2v) is 11.9. The van der Waals surface area contributed by atoms with E-state index < -0.39 is 9.84 Å². The molecule has 0 spiro atoms. The number of nitrogens with zero attached hydrogens (tertiary/aromatic N) is 4. The molecule has 1 aromatic carbocycles. The fourth-order valence-corrected chi connectivity index (χ4v) is 6.21. The molecule has 1 amide bonds. The number of amides is 1. The first-order valence-electron chi connectivity index (χ1n) is 10.1. The molecule has 7 nitrogen and oxygen atoms in total. The Hall–Kier alpha value is -1.87. The van der Waals surface area contributed by atoms with Gasteiger partial charge in [0.25, 0.3) is 0 Å². The topological polar surface area (TPSA) is 85.2 Å². The van der Waals surface area contributed by atoms with E-state index in [2.05, 4.69) is 43.1 Å². The van der Waals surface area contributed by atoms with E-state index in [0.29, 0.717) is 18.1 Å². The molecular weight excluding hydrogens is 420 g/mol. The standard InChI is InChI=1S/C21H30N4O3S2/c1-6-25(17-11-12-30(27,28)14-17)18(26)13-29-20-23-22-19(24(20)5)15-7-9-16(10-8-15)21(2,3)4/h7-10,17H,6,11-14H2,1-5H3. The predicted molar refractivity (Wildman–Crippen MR) is 120 cm³/mol. The van der Waals surface area contributed by atoms with Crippen LogP contribution in [0, 0.1) is 0 Å². The van der Waals surface area contributed by atoms with Crippen LogP contribution in [-0.2, 0) is 27.1 Å². The summed E-state index contributed by atoms with van der Waals surface area (Å²) in [6, 6.07) is 8.08. The van der Waals surface area contributed by atoms with Crippen molar-refractivity contribution < 1.29 is 13.2 Å². The van der Waals surface area contributed by atoms with Crippen LogP contribution in [0.3, 0.4) is 0 Å². The molecule has 0 saturated carbocycles. The normalized spacial score (nSPS) is 18.5. The number of hydrogen-bond acceptors (Lipinski definition) is 6. The molecule has 0 aliphatic carbocycles. The van der Waals surface area contributed by atoms with Crippen LogP contribution in [0.1, 0.15) is 39.7 Å². The van der Waals surface area contributed by atoms with Crippen molar-refractivity contribution in [2.45, 2.75) is 50.7 Å². The Kier molecular flexibility index (Phi) is 6.62. The maximum Gasteiger partial charge on any atom is 0.233 e. The van der Waals surface area contributed by atoms with Crippen LogP contribution < -0.4 is 0 Å². The van der Waals surface area contributed by atoms with E-state index in [1.54, 1.807) is 4.90 Å². The number of hydrogen-bond donors (Lipinski definition) is 0. The highest BCUT2D eigenvalue weighted by Gasteiger charge is 2.33. The Bertz CT molecular complexity index is 1010. The van der Waals surface area contributed by atoms with Crippen molar-refractivity contribution in [2.24, 2.45) is 7.05 Å². The van der Waals surface area contributed by atoms with Gasteiger partial charge in [0.2, 0.25) is 5.91 Å². The first kappa shape index (κ1) is 22.8. The first-order chi connectivity index (χ1) is 14.0. The van der Waals surface area contributed by atoms with Gasteiger partial charge in [-0.25, -0.2) is 8.42 Å². The number of rotatable bonds is 6. The van der Waals surface area contributed by atoms with E-state index in [9.17, 15) is 13.2 Å². The van der Waals surface area contributed by atoms with Crippen molar-refractivity contribution in [3.05, 3.63) is 29.8 Å². The molecule has 1 aliphatic rings. The van der Waals surface area contributed by atoms with Gasteiger partial charge in [-0.3, -0.25) is 4.79 Å². The minimum atomic E-state index is -3.02. The third kappa shape index (κ3) is 5.06. The van der Waals surface area contributed by atoms with Crippen LogP contribution in [0.2, 0.25) is 0 Å². The summed E-state index contributed by atoms with van der Waals surface area (Å²) >= 11 is 1.33. The Balaban J connectivity index is 1.67. The minimum absolute atomic E-state index is 0.0654. The van der Waals surface area contributed by atoms with Crippen LogP contribution in [0.25, 0.3) is 11.4 Å². The van der Waals surface area contributed by atoms with Crippen molar-refractivity contribution in [3.8, 4) is 11.4 Å². The lowest BCUT2D eigenvalue weighted by Gasteiger charge is -2.26. The van der Waals surface area contributed by atoms with Crippen molar-refractivity contribution in [2.75, 3.05) is 23.8 Å². The minimum Gasteiger partial charge on any atom is -0.338 e. The monoisotopic (exact) mass is 450 g/mol. The zero-order valence-corrected chi connectivity index (χ0v) is 19.9. The molecule has 2 aromatic rings. The van der Waals surface area contributed by atoms with E-state index in [4.69, 9.17) is 0 Å². The average molecular weight is 451 g/mol. The van der Waals surface area contributed by atoms with E-state index >= 15 is 0 Å². The predicted octanol–water partition coefficient (Wildman–Crippen LogP) is 2.91. The van der Waals surface area contributed by atoms with E-state index in [1.807, 2.05) is 30.7 Å². The molecule has 1 saturated heterocycles. The third-order valence-corrected chi connectivity index (χ3v) is 8.23. The Morgan fingerprint density at radius 2 is 1.90 bits per heavy atom. The number of thioether (sulfide) groups is 1. The lowest BCUT2D eigenvalue weighted by Crippen LogP contribution is -2.42. The molecule has 1 aromatic heterocycles. The number of carbonyl (C=O) groups is 1. The van der Waals surface area contributed by atoms with Gasteiger partial charge < -0.3 is 9.47 Å². The summed E-state index contributed by atoms with van der Waals surface area (Å²) in [5.41, 5.74) is 2.31. The summed E-state index contributed by atoms with van der Waals surface area (Å²) in [5.74, 6) is 1.12. The van der Waals surface area contributed by atoms with Gasteiger partial charge in [0, 0.05) is 25.2 Å². The zero-order chi connectivity index (χ0) is 22.1. The summed E-state index contributed by atoms with van der Waals surface area (Å²) < 4.78 is 25.4. The largest absolute Gasteiger partial charge is 0.338 e. The van der Waals surface area contributed by atoms with Gasteiger partial charge in [0.1, 0.15) is 0 Å². The highest BCUT2D eigenvalue weighted by atomic mass is 32.2. The van der Waals surface area contributed by atoms with Crippen LogP contribution in [0.4, 0.5) is 0 Å². The van der Waals surface area contributed by atoms with Crippen molar-refractivity contribution in [1.82, 2.24) is 19.7 Å². The van der Waals surface area contributed by atoms with Crippen molar-refractivity contribution >= 4 is 27.5 Å². The second kappa shape index (κ2) is 8.70. The second-order valence-electron chi connectivity index (χ2n) is 8.72. The lowest BCUT2D eigenvalue weighted by atomic mass is 9.87. The van der Waals surface area contributed by atoms with Crippen molar-refractivity contribution in [3.63, 3.8) is 0 Å². The van der Waals surface area contributed by atoms with Crippen LogP contribution in [0.5, 0.6) is 0 Å². The van der Waals surface area contributed by atoms with Crippen LogP contribution in [0.15, 0.2) is 29.4 Å². The molecule has 1 aliphatic heterocycles. The summed E-state index contributed by atoms with van der Waals surface area (Å²) in [4.78, 5) is 14.4. The van der Waals surface area contributed by atoms with E-state index in [-0.39, 0.29) is 34.6 Å². The number of carbonyl (C=O) groups excluding carboxylic acids is 1. The smallest absolute Gasteiger partial charge is 0.233 e. The molecule has 9 heteroatoms. The van der Waals surface area contributed by atoms with E-state index in [0.717, 1.165) is 11.4 Å². The molecule has 0 radical (unpaired) electrons. The molecule has 164 valence electrons. The Labute approximate surface area is 183 Å². The van der Waals surface area contributed by atoms with Gasteiger partial charge in [-0.2, -0.15) is 0 Å². The summed E-state index contributed by atoms with van der Waals surface area (Å²) in [6.45, 7) is 8.92. The van der Waals surface area contributed by atoms with Gasteiger partial charge in [-0.1, -0.05) is 56.8 Å². The van der Waals surface area contributed by atoms with Gasteiger partial charge in [-0.15, -0.1) is 10.2 Å². The Morgan fingerprint density at radius 1 is 1.23 bits per heavy atom. The van der Waals surface area contributed by atoms with Gasteiger partial charge >= 0.3 is 0 Å². The van der Waals surface area contributed by atoms with E-state index in [1.165, 1.54) is 17.3 Å². The van der Waals surface area contributed by atoms with Crippen LogP contribution >= 0.6 is 11.8 Å². The summed E-state index contributed by atoms with van der Waals surface area (Å²) in [5, 5.41) is 9.22. The fourth-order valence-electron chi connectivity index (χ4n) is 3.68. The zero-order valence-electron chi connectivity index (χ0n) is 18.3. The van der Waals surface area contributed by atoms with Gasteiger partial charge in [-0.05, 0) is 24.3 Å². The molecule has 0 N–H and O–H groups in total. The SMILES string of the molecule is CCN(C(=O)CSc1nnc(-c2ccc(C(C)(C)C)cc2)n1C)C1CCS(=O)(=O)C1. The summed E-state index contributed by atoms with van der Waals surface area (Å²) in [6.07, 6.45) is 0.519. The molecule has 2 heterocycles.